The molecular weight excluding hydrogens is 300 g/mol. The number of thioether (sulfide) groups is 1. The van der Waals surface area contributed by atoms with Crippen molar-refractivity contribution >= 4 is 28.7 Å². The van der Waals surface area contributed by atoms with Gasteiger partial charge in [0, 0.05) is 39.4 Å². The molecule has 0 aromatic rings. The Morgan fingerprint density at radius 3 is 2.95 bits per heavy atom. The average Bonchev–Trinajstić information content (AvgIpc) is 2.99. The van der Waals surface area contributed by atoms with Gasteiger partial charge < -0.3 is 10.2 Å². The molecule has 0 aromatic carbocycles. The second kappa shape index (κ2) is 7.78. The quantitative estimate of drug-likeness (QED) is 0.773. The molecule has 0 aromatic heterocycles. The van der Waals surface area contributed by atoms with Crippen molar-refractivity contribution in [3.63, 3.8) is 0 Å². The van der Waals surface area contributed by atoms with Crippen molar-refractivity contribution in [2.75, 3.05) is 39.0 Å². The number of hydrogen-bond donors (Lipinski definition) is 1. The molecule has 1 atom stereocenters. The van der Waals surface area contributed by atoms with Gasteiger partial charge in [0.2, 0.25) is 11.8 Å². The van der Waals surface area contributed by atoms with E-state index >= 15 is 0 Å². The largest absolute Gasteiger partial charge is 0.342 e. The van der Waals surface area contributed by atoms with Crippen molar-refractivity contribution in [3.05, 3.63) is 11.6 Å². The highest BCUT2D eigenvalue weighted by Crippen LogP contribution is 2.15. The number of amidine groups is 1. The maximum absolute atomic E-state index is 12.3. The lowest BCUT2D eigenvalue weighted by atomic mass is 10.1. The lowest BCUT2D eigenvalue weighted by molar-refractivity contribution is -0.127. The first kappa shape index (κ1) is 17.0. The summed E-state index contributed by atoms with van der Waals surface area (Å²) in [6.45, 7) is 6.49. The third-order valence-corrected chi connectivity index (χ3v) is 4.87. The van der Waals surface area contributed by atoms with Gasteiger partial charge in [-0.3, -0.25) is 19.5 Å². The normalized spacial score (nSPS) is 20.1. The van der Waals surface area contributed by atoms with Crippen LogP contribution in [0.2, 0.25) is 0 Å². The molecule has 0 fully saturated rings. The molecule has 0 spiro atoms. The van der Waals surface area contributed by atoms with E-state index in [0.29, 0.717) is 6.54 Å². The van der Waals surface area contributed by atoms with Crippen molar-refractivity contribution in [2.45, 2.75) is 26.3 Å². The van der Waals surface area contributed by atoms with Crippen LogP contribution in [-0.2, 0) is 9.59 Å². The van der Waals surface area contributed by atoms with Crippen LogP contribution in [0.15, 0.2) is 16.6 Å². The van der Waals surface area contributed by atoms with Crippen LogP contribution >= 0.6 is 11.8 Å². The van der Waals surface area contributed by atoms with Crippen LogP contribution in [-0.4, -0.2) is 71.8 Å². The lowest BCUT2D eigenvalue weighted by Crippen LogP contribution is -2.48. The third-order valence-electron chi connectivity index (χ3n) is 3.98. The van der Waals surface area contributed by atoms with E-state index in [0.717, 1.165) is 37.0 Å². The predicted molar refractivity (Wildman–Crippen MR) is 89.9 cm³/mol. The van der Waals surface area contributed by atoms with Crippen molar-refractivity contribution in [1.82, 2.24) is 15.1 Å². The summed E-state index contributed by atoms with van der Waals surface area (Å²) in [7, 11) is 1.80. The van der Waals surface area contributed by atoms with E-state index < -0.39 is 0 Å². The fourth-order valence-electron chi connectivity index (χ4n) is 2.49. The van der Waals surface area contributed by atoms with Gasteiger partial charge in [-0.25, -0.2) is 0 Å². The Morgan fingerprint density at radius 1 is 1.55 bits per heavy atom. The SMILES string of the molecule is CC(=O)N(C)CC1=CCCN([C@@H](C)C(=O)NC2=NCCS2)C1. The number of carbonyl (C=O) groups excluding carboxylic acids is 2. The van der Waals surface area contributed by atoms with Gasteiger partial charge >= 0.3 is 0 Å². The summed E-state index contributed by atoms with van der Waals surface area (Å²) in [6, 6.07) is -0.199. The first-order chi connectivity index (χ1) is 10.5. The minimum Gasteiger partial charge on any atom is -0.342 e. The Morgan fingerprint density at radius 2 is 2.32 bits per heavy atom. The summed E-state index contributed by atoms with van der Waals surface area (Å²) < 4.78 is 0. The van der Waals surface area contributed by atoms with E-state index in [-0.39, 0.29) is 17.9 Å². The molecule has 2 rings (SSSR count). The number of carbonyl (C=O) groups is 2. The van der Waals surface area contributed by atoms with Gasteiger partial charge in [-0.1, -0.05) is 17.8 Å². The van der Waals surface area contributed by atoms with Crippen molar-refractivity contribution in [1.29, 1.82) is 0 Å². The molecule has 0 unspecified atom stereocenters. The predicted octanol–water partition coefficient (Wildman–Crippen LogP) is 0.704. The molecule has 2 amide bonds. The smallest absolute Gasteiger partial charge is 0.242 e. The number of likely N-dealkylation sites (N-methyl/N-ethyl adjacent to an activating group) is 1. The van der Waals surface area contributed by atoms with Gasteiger partial charge in [0.1, 0.15) is 0 Å². The minimum atomic E-state index is -0.199. The molecular formula is C15H24N4O2S. The van der Waals surface area contributed by atoms with Gasteiger partial charge in [0.15, 0.2) is 5.17 Å². The topological polar surface area (TPSA) is 65.0 Å². The van der Waals surface area contributed by atoms with E-state index in [1.54, 1.807) is 30.6 Å². The van der Waals surface area contributed by atoms with Crippen LogP contribution in [0, 0.1) is 0 Å². The maximum atomic E-state index is 12.3. The first-order valence-corrected chi connectivity index (χ1v) is 8.57. The van der Waals surface area contributed by atoms with Gasteiger partial charge in [0.05, 0.1) is 12.6 Å². The number of hydrogen-bond acceptors (Lipinski definition) is 5. The van der Waals surface area contributed by atoms with Gasteiger partial charge in [-0.15, -0.1) is 0 Å². The van der Waals surface area contributed by atoms with Gasteiger partial charge in [0.25, 0.3) is 0 Å². The van der Waals surface area contributed by atoms with E-state index in [2.05, 4.69) is 21.3 Å². The highest BCUT2D eigenvalue weighted by atomic mass is 32.2. The number of nitrogens with one attached hydrogen (secondary N) is 1. The van der Waals surface area contributed by atoms with E-state index in [4.69, 9.17) is 0 Å². The van der Waals surface area contributed by atoms with Crippen molar-refractivity contribution in [3.8, 4) is 0 Å². The molecule has 0 radical (unpaired) electrons. The first-order valence-electron chi connectivity index (χ1n) is 7.59. The van der Waals surface area contributed by atoms with Crippen LogP contribution in [0.1, 0.15) is 20.3 Å². The highest BCUT2D eigenvalue weighted by molar-refractivity contribution is 8.14. The molecule has 2 heterocycles. The second-order valence-corrected chi connectivity index (χ2v) is 6.78. The summed E-state index contributed by atoms with van der Waals surface area (Å²) in [5.74, 6) is 0.993. The van der Waals surface area contributed by atoms with E-state index in [1.165, 1.54) is 5.57 Å². The molecule has 2 aliphatic heterocycles. The van der Waals surface area contributed by atoms with Crippen LogP contribution in [0.5, 0.6) is 0 Å². The molecule has 0 aliphatic carbocycles. The number of rotatable bonds is 4. The fraction of sp³-hybridized carbons (Fsp3) is 0.667. The highest BCUT2D eigenvalue weighted by Gasteiger charge is 2.25. The zero-order chi connectivity index (χ0) is 16.1. The molecule has 0 saturated heterocycles. The fourth-order valence-corrected chi connectivity index (χ4v) is 3.22. The molecule has 22 heavy (non-hydrogen) atoms. The molecule has 0 bridgehead atoms. The molecule has 1 N–H and O–H groups in total. The zero-order valence-corrected chi connectivity index (χ0v) is 14.3. The molecule has 7 heteroatoms. The molecule has 2 aliphatic rings. The Hall–Kier alpha value is -1.34. The molecule has 122 valence electrons. The van der Waals surface area contributed by atoms with E-state index in [9.17, 15) is 9.59 Å². The van der Waals surface area contributed by atoms with Crippen LogP contribution in [0.4, 0.5) is 0 Å². The van der Waals surface area contributed by atoms with Gasteiger partial charge in [-0.05, 0) is 18.9 Å². The molecule has 6 nitrogen and oxygen atoms in total. The Labute approximate surface area is 136 Å². The summed E-state index contributed by atoms with van der Waals surface area (Å²) >= 11 is 1.59. The Balaban J connectivity index is 1.88. The van der Waals surface area contributed by atoms with Crippen molar-refractivity contribution in [2.24, 2.45) is 4.99 Å². The summed E-state index contributed by atoms with van der Waals surface area (Å²) in [6.07, 6.45) is 3.09. The number of aliphatic imine (C=N–C) groups is 1. The zero-order valence-electron chi connectivity index (χ0n) is 13.5. The lowest BCUT2D eigenvalue weighted by Gasteiger charge is -2.32. The third kappa shape index (κ3) is 4.58. The Kier molecular flexibility index (Phi) is 6.02. The number of amides is 2. The van der Waals surface area contributed by atoms with Crippen molar-refractivity contribution < 1.29 is 9.59 Å². The maximum Gasteiger partial charge on any atom is 0.242 e. The summed E-state index contributed by atoms with van der Waals surface area (Å²) in [5.41, 5.74) is 1.19. The monoisotopic (exact) mass is 324 g/mol. The van der Waals surface area contributed by atoms with Crippen LogP contribution in [0.3, 0.4) is 0 Å². The Bertz CT molecular complexity index is 504. The minimum absolute atomic E-state index is 0.00526. The van der Waals surface area contributed by atoms with Gasteiger partial charge in [-0.2, -0.15) is 0 Å². The second-order valence-electron chi connectivity index (χ2n) is 5.70. The molecule has 0 saturated carbocycles. The van der Waals surface area contributed by atoms with Crippen LogP contribution < -0.4 is 5.32 Å². The standard InChI is InChI=1S/C15H24N4O2S/c1-11(14(21)17-15-16-6-8-22-15)19-7-4-5-13(10-19)9-18(3)12(2)20/h5,11H,4,6-10H2,1-3H3,(H,16,17,21)/t11-/m0/s1. The average molecular weight is 324 g/mol. The summed E-state index contributed by atoms with van der Waals surface area (Å²) in [5, 5.41) is 3.64. The van der Waals surface area contributed by atoms with E-state index in [1.807, 2.05) is 6.92 Å². The van der Waals surface area contributed by atoms with Crippen LogP contribution in [0.25, 0.3) is 0 Å². The number of nitrogens with zero attached hydrogens (tertiary/aromatic N) is 3. The summed E-state index contributed by atoms with van der Waals surface area (Å²) in [4.78, 5) is 31.7.